The molecule has 1 aliphatic rings. The Bertz CT molecular complexity index is 1570. The Labute approximate surface area is 208 Å². The highest BCUT2D eigenvalue weighted by Gasteiger charge is 2.27. The van der Waals surface area contributed by atoms with Crippen LogP contribution in [-0.2, 0) is 13.1 Å². The second kappa shape index (κ2) is 9.67. The molecule has 0 saturated carbocycles. The maximum atomic E-state index is 13.1. The molecule has 5 rings (SSSR count). The summed E-state index contributed by atoms with van der Waals surface area (Å²) in [4.78, 5) is 35.5. The maximum Gasteiger partial charge on any atom is 0.401 e. The lowest BCUT2D eigenvalue weighted by Gasteiger charge is -2.20. The number of alkyl halides is 3. The van der Waals surface area contributed by atoms with E-state index >= 15 is 0 Å². The zero-order chi connectivity index (χ0) is 26.3. The molecule has 37 heavy (non-hydrogen) atoms. The summed E-state index contributed by atoms with van der Waals surface area (Å²) in [6, 6.07) is 8.52. The van der Waals surface area contributed by atoms with E-state index in [2.05, 4.69) is 32.2 Å². The van der Waals surface area contributed by atoms with Gasteiger partial charge in [0, 0.05) is 24.7 Å². The Morgan fingerprint density at radius 2 is 2.00 bits per heavy atom. The molecule has 3 heterocycles. The number of nitrogens with zero attached hydrogens (tertiary/aromatic N) is 3. The first-order valence-electron chi connectivity index (χ1n) is 12.1. The molecule has 1 fully saturated rings. The lowest BCUT2D eigenvalue weighted by Crippen LogP contribution is -2.32. The normalized spacial score (nSPS) is 16.8. The van der Waals surface area contributed by atoms with E-state index in [1.54, 1.807) is 18.2 Å². The van der Waals surface area contributed by atoms with Crippen LogP contribution in [0.4, 0.5) is 13.2 Å². The van der Waals surface area contributed by atoms with Crippen molar-refractivity contribution in [1.29, 1.82) is 0 Å². The Kier molecular flexibility index (Phi) is 6.54. The largest absolute Gasteiger partial charge is 0.592 e. The highest BCUT2D eigenvalue weighted by Crippen LogP contribution is 2.29. The van der Waals surface area contributed by atoms with Crippen LogP contribution in [0, 0.1) is 0 Å². The molecule has 12 heteroatoms. The van der Waals surface area contributed by atoms with E-state index in [9.17, 15) is 22.8 Å². The molecule has 0 unspecified atom stereocenters. The van der Waals surface area contributed by atoms with Crippen molar-refractivity contribution in [2.24, 2.45) is 0 Å². The molecule has 0 radical (unpaired) electrons. The van der Waals surface area contributed by atoms with Gasteiger partial charge in [-0.2, -0.15) is 13.2 Å². The van der Waals surface area contributed by atoms with Crippen LogP contribution in [0.3, 0.4) is 0 Å². The number of rotatable bonds is 7. The molecule has 0 amide bonds. The van der Waals surface area contributed by atoms with Crippen LogP contribution >= 0.6 is 0 Å². The highest BCUT2D eigenvalue weighted by molar-refractivity contribution is 5.93. The fraction of sp³-hybridized carbons (Fsp3) is 0.400. The van der Waals surface area contributed by atoms with Gasteiger partial charge in [0.2, 0.25) is 0 Å². The number of nitrogens with one attached hydrogen (secondary N) is 3. The van der Waals surface area contributed by atoms with Crippen LogP contribution in [0.25, 0.3) is 33.2 Å². The third-order valence-electron chi connectivity index (χ3n) is 6.94. The molecular formula is C25H28F3N6O3+. The standard InChI is InChI=1S/C25H27F3N6O3/c1-14-4-3-9-33(14)10-11-34-24(37)17-6-2-5-16(19(17)32-34)20-23(36)30-18-8-7-15(22(35)21(18)31-20)12-29-13-25(26,27)28/h2,5-8,14,29,32,35H,3-4,9-13H2,1H3,(H,30,36)/p+1/t14-/m1/s1. The van der Waals surface area contributed by atoms with Crippen LogP contribution in [0.2, 0.25) is 0 Å². The first kappa shape index (κ1) is 25.0. The van der Waals surface area contributed by atoms with Gasteiger partial charge in [-0.3, -0.25) is 24.3 Å². The van der Waals surface area contributed by atoms with Gasteiger partial charge >= 0.3 is 6.18 Å². The lowest BCUT2D eigenvalue weighted by atomic mass is 10.1. The Morgan fingerprint density at radius 3 is 2.73 bits per heavy atom. The molecule has 9 nitrogen and oxygen atoms in total. The van der Waals surface area contributed by atoms with Gasteiger partial charge in [0.05, 0.1) is 35.1 Å². The molecule has 0 spiro atoms. The predicted octanol–water partition coefficient (Wildman–Crippen LogP) is 2.81. The monoisotopic (exact) mass is 517 g/mol. The first-order chi connectivity index (χ1) is 17.6. The van der Waals surface area contributed by atoms with E-state index in [-0.39, 0.29) is 29.1 Å². The lowest BCUT2D eigenvalue weighted by molar-refractivity contribution is -0.125. The molecule has 0 aliphatic carbocycles. The number of fused-ring (bicyclic) bond motifs is 2. The minimum Gasteiger partial charge on any atom is -0.592 e. The highest BCUT2D eigenvalue weighted by atomic mass is 19.4. The fourth-order valence-electron chi connectivity index (χ4n) is 4.95. The smallest absolute Gasteiger partial charge is 0.401 e. The molecule has 1 saturated heterocycles. The minimum absolute atomic E-state index is 0.0218. The van der Waals surface area contributed by atoms with Crippen molar-refractivity contribution in [3.63, 3.8) is 0 Å². The molecule has 5 N–H and O–H groups in total. The quantitative estimate of drug-likeness (QED) is 0.326. The molecular weight excluding hydrogens is 489 g/mol. The Morgan fingerprint density at radius 1 is 1.19 bits per heavy atom. The number of H-pyrrole nitrogens is 2. The topological polar surface area (TPSA) is 122 Å². The van der Waals surface area contributed by atoms with Crippen LogP contribution in [-0.4, -0.2) is 61.6 Å². The summed E-state index contributed by atoms with van der Waals surface area (Å²) in [7, 11) is 0. The van der Waals surface area contributed by atoms with Gasteiger partial charge < -0.3 is 15.4 Å². The van der Waals surface area contributed by atoms with Crippen molar-refractivity contribution in [3.05, 3.63) is 56.6 Å². The number of para-hydroxylation sites is 1. The van der Waals surface area contributed by atoms with Gasteiger partial charge in [-0.15, -0.1) is 0 Å². The molecule has 1 aliphatic heterocycles. The van der Waals surface area contributed by atoms with Crippen molar-refractivity contribution in [2.75, 3.05) is 19.6 Å². The summed E-state index contributed by atoms with van der Waals surface area (Å²) in [6.45, 7) is 3.02. The van der Waals surface area contributed by atoms with E-state index in [0.717, 1.165) is 25.9 Å². The number of hydrogen-bond acceptors (Lipinski definition) is 5. The third kappa shape index (κ3) is 4.98. The van der Waals surface area contributed by atoms with E-state index < -0.39 is 18.3 Å². The second-order valence-electron chi connectivity index (χ2n) is 9.45. The van der Waals surface area contributed by atoms with Crippen molar-refractivity contribution >= 4 is 21.9 Å². The van der Waals surface area contributed by atoms with Gasteiger partial charge in [0.1, 0.15) is 5.69 Å². The van der Waals surface area contributed by atoms with E-state index in [4.69, 9.17) is 5.11 Å². The number of likely N-dealkylation sites (tertiary alicyclic amines) is 1. The van der Waals surface area contributed by atoms with Gasteiger partial charge in [0.15, 0.2) is 5.52 Å². The number of aromatic amines is 2. The number of benzene rings is 2. The summed E-state index contributed by atoms with van der Waals surface area (Å²) >= 11 is 0. The average molecular weight is 518 g/mol. The zero-order valence-electron chi connectivity index (χ0n) is 20.2. The van der Waals surface area contributed by atoms with Crippen molar-refractivity contribution in [2.45, 2.75) is 45.1 Å². The first-order valence-corrected chi connectivity index (χ1v) is 12.1. The summed E-state index contributed by atoms with van der Waals surface area (Å²) in [5, 5.41) is 14.3. The molecule has 196 valence electrons. The van der Waals surface area contributed by atoms with Gasteiger partial charge in [0.25, 0.3) is 16.9 Å². The summed E-state index contributed by atoms with van der Waals surface area (Å²) in [5.74, 6) is -0.0809. The van der Waals surface area contributed by atoms with Crippen molar-refractivity contribution in [1.82, 2.24) is 30.0 Å². The van der Waals surface area contributed by atoms with Crippen LogP contribution in [0.5, 0.6) is 5.75 Å². The van der Waals surface area contributed by atoms with Crippen LogP contribution in [0.15, 0.2) is 39.9 Å². The minimum atomic E-state index is -4.37. The van der Waals surface area contributed by atoms with E-state index in [1.807, 2.05) is 0 Å². The predicted molar refractivity (Wildman–Crippen MR) is 135 cm³/mol. The van der Waals surface area contributed by atoms with Gasteiger partial charge in [-0.1, -0.05) is 12.1 Å². The Balaban J connectivity index is 1.51. The van der Waals surface area contributed by atoms with E-state index in [1.165, 1.54) is 16.8 Å². The molecule has 4 aromatic rings. The van der Waals surface area contributed by atoms with Gasteiger partial charge in [-0.25, -0.2) is 4.98 Å². The molecule has 2 aromatic carbocycles. The summed E-state index contributed by atoms with van der Waals surface area (Å²) in [6.07, 6.45) is -2.09. The molecule has 2 aromatic heterocycles. The number of hydrogen-bond donors (Lipinski definition) is 3. The molecule has 1 atom stereocenters. The Hall–Kier alpha value is -3.64. The third-order valence-corrected chi connectivity index (χ3v) is 6.94. The second-order valence-corrected chi connectivity index (χ2v) is 9.45. The van der Waals surface area contributed by atoms with Crippen LogP contribution in [0.1, 0.15) is 25.3 Å². The summed E-state index contributed by atoms with van der Waals surface area (Å²) < 4.78 is 39.1. The average Bonchev–Trinajstić information content (AvgIpc) is 3.40. The number of aromatic nitrogens is 4. The zero-order valence-corrected chi connectivity index (χ0v) is 20.2. The summed E-state index contributed by atoms with van der Waals surface area (Å²) in [5.41, 5.74) is 0.977. The van der Waals surface area contributed by atoms with Crippen molar-refractivity contribution < 1.29 is 18.3 Å². The van der Waals surface area contributed by atoms with Crippen LogP contribution < -0.4 is 16.4 Å². The van der Waals surface area contributed by atoms with Gasteiger partial charge in [-0.05, 0) is 44.5 Å². The van der Waals surface area contributed by atoms with Crippen molar-refractivity contribution in [3.8, 4) is 17.0 Å². The SMILES string of the molecule is C[C@@H]1CCCN1CCn1[nH]c2c(-c3nc4c([OH2+])c(CNCC(F)(F)F)ccc4[nH]c3=O)cccc2c1=O. The van der Waals surface area contributed by atoms with E-state index in [0.29, 0.717) is 40.1 Å². The maximum absolute atomic E-state index is 13.1. The molecule has 0 bridgehead atoms. The number of halogens is 3. The fourth-order valence-corrected chi connectivity index (χ4v) is 4.95.